The van der Waals surface area contributed by atoms with Crippen LogP contribution >= 0.6 is 0 Å². The molecule has 10 aromatic carbocycles. The molecule has 2 heteroatoms. The number of rotatable bonds is 9. The van der Waals surface area contributed by atoms with E-state index in [1.54, 1.807) is 0 Å². The van der Waals surface area contributed by atoms with Crippen molar-refractivity contribution in [2.45, 2.75) is 57.8 Å². The number of anilines is 2. The van der Waals surface area contributed by atoms with Crippen molar-refractivity contribution < 1.29 is 0 Å². The molecule has 0 aliphatic heterocycles. The molecule has 15 rings (SSSR count). The van der Waals surface area contributed by atoms with Crippen molar-refractivity contribution in [3.05, 3.63) is 276 Å². The van der Waals surface area contributed by atoms with E-state index in [1.165, 1.54) is 127 Å². The third kappa shape index (κ3) is 7.92. The lowest BCUT2D eigenvalue weighted by atomic mass is 9.80. The van der Waals surface area contributed by atoms with Crippen LogP contribution in [0.4, 0.5) is 11.4 Å². The van der Waals surface area contributed by atoms with E-state index in [0.717, 1.165) is 55.6 Å². The van der Waals surface area contributed by atoms with E-state index < -0.39 is 0 Å². The average Bonchev–Trinajstić information content (AvgIpc) is 4.22. The van der Waals surface area contributed by atoms with Crippen LogP contribution in [0.3, 0.4) is 0 Å². The van der Waals surface area contributed by atoms with Crippen molar-refractivity contribution in [3.63, 3.8) is 0 Å². The number of benzene rings is 10. The molecule has 0 saturated carbocycles. The van der Waals surface area contributed by atoms with Crippen LogP contribution in [0.1, 0.15) is 69.1 Å². The molecule has 1 aromatic heterocycles. The summed E-state index contributed by atoms with van der Waals surface area (Å²) in [5.74, 6) is 0. The van der Waals surface area contributed by atoms with Gasteiger partial charge >= 0.3 is 0 Å². The Hall–Kier alpha value is -9.24. The molecule has 0 N–H and O–H groups in total. The minimum absolute atomic E-state index is 0.0620. The molecule has 0 fully saturated rings. The Kier molecular flexibility index (Phi) is 11.3. The fraction of sp³-hybridized carbons (Fsp3) is 0.117. The monoisotopic (exact) mass is 1010 g/mol. The number of hydrogen-bond acceptors (Lipinski definition) is 1. The summed E-state index contributed by atoms with van der Waals surface area (Å²) in [4.78, 5) is 2.41. The Balaban J connectivity index is 0.761. The minimum Gasteiger partial charge on any atom is -0.311 e. The third-order valence-corrected chi connectivity index (χ3v) is 17.5. The fourth-order valence-corrected chi connectivity index (χ4v) is 13.6. The summed E-state index contributed by atoms with van der Waals surface area (Å²) in [6.45, 7) is 4.77. The van der Waals surface area contributed by atoms with Crippen LogP contribution in [0.15, 0.2) is 248 Å². The van der Waals surface area contributed by atoms with Crippen molar-refractivity contribution in [3.8, 4) is 61.3 Å². The number of allylic oxidation sites excluding steroid dienone is 7. The van der Waals surface area contributed by atoms with Gasteiger partial charge in [0.2, 0.25) is 0 Å². The van der Waals surface area contributed by atoms with E-state index in [9.17, 15) is 0 Å². The number of nitrogens with zero attached hydrogens (tertiary/aromatic N) is 2. The lowest BCUT2D eigenvalue weighted by Crippen LogP contribution is -2.31. The summed E-state index contributed by atoms with van der Waals surface area (Å²) in [5.41, 5.74) is 25.2. The molecule has 0 bridgehead atoms. The predicted octanol–water partition coefficient (Wildman–Crippen LogP) is 19.4. The minimum atomic E-state index is -0.0620. The van der Waals surface area contributed by atoms with Crippen molar-refractivity contribution in [1.29, 1.82) is 0 Å². The van der Waals surface area contributed by atoms with E-state index in [4.69, 9.17) is 0 Å². The molecule has 2 nitrogen and oxygen atoms in total. The van der Waals surface area contributed by atoms with E-state index in [0.29, 0.717) is 0 Å². The zero-order valence-corrected chi connectivity index (χ0v) is 44.9. The molecule has 0 spiro atoms. The van der Waals surface area contributed by atoms with Gasteiger partial charge in [-0.15, -0.1) is 0 Å². The molecule has 0 atom stereocenters. The highest BCUT2D eigenvalue weighted by Gasteiger charge is 2.35. The summed E-state index contributed by atoms with van der Waals surface area (Å²) in [6.07, 6.45) is 25.3. The maximum Gasteiger partial charge on any atom is 0.0541 e. The summed E-state index contributed by atoms with van der Waals surface area (Å²) in [7, 11) is 0. The highest BCUT2D eigenvalue weighted by atomic mass is 15.1. The van der Waals surface area contributed by atoms with Crippen molar-refractivity contribution >= 4 is 61.7 Å². The van der Waals surface area contributed by atoms with Crippen LogP contribution in [0.2, 0.25) is 0 Å². The Morgan fingerprint density at radius 3 is 1.56 bits per heavy atom. The molecule has 79 heavy (non-hydrogen) atoms. The molecule has 11 aromatic rings. The first-order valence-corrected chi connectivity index (χ1v) is 28.4. The Bertz CT molecular complexity index is 4520. The fourth-order valence-electron chi connectivity index (χ4n) is 13.6. The third-order valence-electron chi connectivity index (χ3n) is 17.5. The summed E-state index contributed by atoms with van der Waals surface area (Å²) in [5, 5.41) is 7.85. The van der Waals surface area contributed by atoms with Gasteiger partial charge in [-0.25, -0.2) is 0 Å². The SMILES string of the molecule is CC1(C)c2ccccc2-c2ccc(-c3c4c(c(-c5ccc(-c6ccc(N(C7=CCCC=C7)c7ccc(-n8c9ccc(C%10=CCCC=C%10)cc9c9cc(-c%10ccccc%10)ccc98)cc7)cc6)cc5)c5ccccc35)=CCCC=4)cc21. The molecule has 0 radical (unpaired) electrons. The Morgan fingerprint density at radius 2 is 0.886 bits per heavy atom. The predicted molar refractivity (Wildman–Crippen MR) is 336 cm³/mol. The molecule has 4 aliphatic carbocycles. The van der Waals surface area contributed by atoms with Gasteiger partial charge in [-0.1, -0.05) is 196 Å². The molecule has 0 unspecified atom stereocenters. The van der Waals surface area contributed by atoms with Gasteiger partial charge in [0.1, 0.15) is 0 Å². The largest absolute Gasteiger partial charge is 0.311 e. The van der Waals surface area contributed by atoms with Crippen LogP contribution < -0.4 is 15.3 Å². The first-order valence-electron chi connectivity index (χ1n) is 28.4. The van der Waals surface area contributed by atoms with E-state index in [1.807, 2.05) is 0 Å². The van der Waals surface area contributed by atoms with Crippen LogP contribution in [-0.2, 0) is 5.41 Å². The highest BCUT2D eigenvalue weighted by molar-refractivity contribution is 6.12. The normalized spacial score (nSPS) is 15.0. The quantitative estimate of drug-likeness (QED) is 0.140. The Labute approximate surface area is 463 Å². The second-order valence-electron chi connectivity index (χ2n) is 22.4. The number of aromatic nitrogens is 1. The molecule has 1 heterocycles. The van der Waals surface area contributed by atoms with E-state index in [-0.39, 0.29) is 5.41 Å². The molecular weight excluding hydrogens is 953 g/mol. The van der Waals surface area contributed by atoms with Crippen molar-refractivity contribution in [2.75, 3.05) is 4.90 Å². The van der Waals surface area contributed by atoms with Gasteiger partial charge < -0.3 is 9.47 Å². The van der Waals surface area contributed by atoms with Crippen LogP contribution in [-0.4, -0.2) is 4.57 Å². The summed E-state index contributed by atoms with van der Waals surface area (Å²) in [6, 6.07) is 77.7. The topological polar surface area (TPSA) is 8.17 Å². The maximum atomic E-state index is 2.50. The second kappa shape index (κ2) is 19.0. The molecule has 378 valence electrons. The number of hydrogen-bond donors (Lipinski definition) is 0. The first kappa shape index (κ1) is 47.0. The van der Waals surface area contributed by atoms with E-state index in [2.05, 4.69) is 278 Å². The summed E-state index contributed by atoms with van der Waals surface area (Å²) >= 11 is 0. The van der Waals surface area contributed by atoms with Crippen LogP contribution in [0.25, 0.3) is 112 Å². The standard InChI is InChI=1S/C77H60N2/c1-77(2)71-29-17-16-24-63(71)64-45-36-58(50-72(64)77)76-67-27-14-12-25-65(67)75(66-26-13-15-28-68(66)76)55-32-30-53(31-33-55)54-34-39-60(40-35-54)78(59-22-10-5-11-23-59)61-41-43-62(44-42-61)79-73-46-37-56(51-18-6-3-7-19-51)48-69(73)70-49-57(38-47-74(70)79)52-20-8-4-9-21-52/h3,6-8,10,12,14,16-50H,4-5,9,11,13,15H2,1-2H3. The smallest absolute Gasteiger partial charge is 0.0541 e. The van der Waals surface area contributed by atoms with Gasteiger partial charge in [-0.3, -0.25) is 0 Å². The lowest BCUT2D eigenvalue weighted by molar-refractivity contribution is 0.660. The lowest BCUT2D eigenvalue weighted by Gasteiger charge is -2.28. The second-order valence-corrected chi connectivity index (χ2v) is 22.4. The molecular formula is C77H60N2. The number of fused-ring (bicyclic) bond motifs is 8. The summed E-state index contributed by atoms with van der Waals surface area (Å²) < 4.78 is 2.44. The average molecular weight is 1010 g/mol. The van der Waals surface area contributed by atoms with Crippen molar-refractivity contribution in [2.24, 2.45) is 0 Å². The van der Waals surface area contributed by atoms with Gasteiger partial charge in [0.05, 0.1) is 11.0 Å². The molecule has 0 amide bonds. The van der Waals surface area contributed by atoms with Gasteiger partial charge in [0, 0.05) is 38.9 Å². The molecule has 0 saturated heterocycles. The van der Waals surface area contributed by atoms with Crippen LogP contribution in [0.5, 0.6) is 0 Å². The van der Waals surface area contributed by atoms with Gasteiger partial charge in [0.25, 0.3) is 0 Å². The van der Waals surface area contributed by atoms with Gasteiger partial charge in [0.15, 0.2) is 0 Å². The van der Waals surface area contributed by atoms with Crippen molar-refractivity contribution in [1.82, 2.24) is 4.57 Å². The maximum absolute atomic E-state index is 2.50. The molecule has 4 aliphatic rings. The first-order chi connectivity index (χ1) is 38.9. The zero-order valence-electron chi connectivity index (χ0n) is 44.9. The van der Waals surface area contributed by atoms with E-state index >= 15 is 0 Å². The zero-order chi connectivity index (χ0) is 52.6. The van der Waals surface area contributed by atoms with Crippen LogP contribution in [0, 0.1) is 0 Å². The highest BCUT2D eigenvalue weighted by Crippen LogP contribution is 2.50. The van der Waals surface area contributed by atoms with Gasteiger partial charge in [-0.05, 0) is 210 Å². The Morgan fingerprint density at radius 1 is 0.367 bits per heavy atom. The van der Waals surface area contributed by atoms with Gasteiger partial charge in [-0.2, -0.15) is 0 Å².